The average molecular weight is 607 g/mol. The summed E-state index contributed by atoms with van der Waals surface area (Å²) in [4.78, 5) is 21.7. The Labute approximate surface area is 242 Å². The van der Waals surface area contributed by atoms with Crippen LogP contribution in [0.3, 0.4) is 0 Å². The third kappa shape index (κ3) is 12.4. The molecule has 0 bridgehead atoms. The summed E-state index contributed by atoms with van der Waals surface area (Å²) in [6.07, 6.45) is 0.512. The number of carbonyl (C=O) groups excluding carboxylic acids is 2. The first-order valence-electron chi connectivity index (χ1n) is 13.4. The fraction of sp³-hybridized carbons (Fsp3) is 0.517. The van der Waals surface area contributed by atoms with Crippen LogP contribution in [0.15, 0.2) is 53.0 Å². The van der Waals surface area contributed by atoms with Crippen molar-refractivity contribution in [1.29, 1.82) is 0 Å². The third-order valence-electron chi connectivity index (χ3n) is 5.98. The fourth-order valence-electron chi connectivity index (χ4n) is 3.11. The molecule has 3 rings (SSSR count). The van der Waals surface area contributed by atoms with E-state index in [4.69, 9.17) is 18.8 Å². The average Bonchev–Trinajstić information content (AvgIpc) is 3.13. The molecule has 39 heavy (non-hydrogen) atoms. The maximum atomic E-state index is 10.9. The Morgan fingerprint density at radius 1 is 0.821 bits per heavy atom. The van der Waals surface area contributed by atoms with Gasteiger partial charge in [-0.15, -0.1) is 0 Å². The van der Waals surface area contributed by atoms with E-state index in [9.17, 15) is 9.59 Å². The monoisotopic (exact) mass is 606 g/mol. The lowest BCUT2D eigenvalue weighted by Crippen LogP contribution is -2.41. The van der Waals surface area contributed by atoms with Gasteiger partial charge in [0.25, 0.3) is 0 Å². The Morgan fingerprint density at radius 2 is 1.26 bits per heavy atom. The fourth-order valence-corrected chi connectivity index (χ4v) is 3.38. The number of ether oxygens (including phenoxy) is 2. The van der Waals surface area contributed by atoms with E-state index in [0.717, 1.165) is 21.4 Å². The molecule has 2 aromatic carbocycles. The first-order chi connectivity index (χ1) is 18.4. The summed E-state index contributed by atoms with van der Waals surface area (Å²) < 4.78 is 24.0. The van der Waals surface area contributed by atoms with Crippen molar-refractivity contribution in [1.82, 2.24) is 10.6 Å². The second-order valence-electron chi connectivity index (χ2n) is 9.49. The number of amides is 2. The number of nitrogens with one attached hydrogen (secondary N) is 2. The molecule has 1 heterocycles. The quantitative estimate of drug-likeness (QED) is 0.296. The van der Waals surface area contributed by atoms with Crippen LogP contribution in [0.4, 0.5) is 0 Å². The first-order valence-corrected chi connectivity index (χ1v) is 14.2. The summed E-state index contributed by atoms with van der Waals surface area (Å²) in [5.41, 5.74) is 0.281. The molecular formula is C29H44BBrN2O6. The molecule has 2 N–H and O–H groups in total. The molecule has 0 radical (unpaired) electrons. The molecular weight excluding hydrogens is 563 g/mol. The number of carbonyl (C=O) groups is 2. The van der Waals surface area contributed by atoms with Gasteiger partial charge in [0.05, 0.1) is 24.3 Å². The van der Waals surface area contributed by atoms with Gasteiger partial charge in [-0.25, -0.2) is 0 Å². The SMILES string of the molecule is CC.CC(=O)NCCOc1ccc(B2OC(C)(C)C(C)(C)O2)cc1.CCC(=O)NCCOc1ccc(Br)cc1. The van der Waals surface area contributed by atoms with E-state index in [0.29, 0.717) is 32.7 Å². The highest BCUT2D eigenvalue weighted by Crippen LogP contribution is 2.36. The van der Waals surface area contributed by atoms with Crippen molar-refractivity contribution in [2.24, 2.45) is 0 Å². The summed E-state index contributed by atoms with van der Waals surface area (Å²) in [6.45, 7) is 17.4. The standard InChI is InChI=1S/C16H24BNO4.C11H14BrNO2.C2H6/c1-12(19)18-10-11-20-14-8-6-13(7-9-14)17-21-15(2,3)16(4,5)22-17;1-2-11(14)13-7-8-15-10-5-3-9(12)4-6-10;1-2/h6-9H,10-11H2,1-5H3,(H,18,19);3-6H,2,7-8H2,1H3,(H,13,14);1-2H3. The van der Waals surface area contributed by atoms with Crippen molar-refractivity contribution < 1.29 is 28.4 Å². The van der Waals surface area contributed by atoms with Gasteiger partial charge in [0, 0.05) is 17.8 Å². The molecule has 0 spiro atoms. The van der Waals surface area contributed by atoms with Crippen LogP contribution in [0.1, 0.15) is 61.8 Å². The Morgan fingerprint density at radius 3 is 1.69 bits per heavy atom. The lowest BCUT2D eigenvalue weighted by Gasteiger charge is -2.32. The van der Waals surface area contributed by atoms with Crippen LogP contribution in [0.25, 0.3) is 0 Å². The highest BCUT2D eigenvalue weighted by molar-refractivity contribution is 9.10. The number of rotatable bonds is 10. The van der Waals surface area contributed by atoms with Gasteiger partial charge < -0.3 is 29.4 Å². The van der Waals surface area contributed by atoms with Crippen molar-refractivity contribution in [3.05, 3.63) is 53.0 Å². The van der Waals surface area contributed by atoms with Gasteiger partial charge in [-0.05, 0) is 69.6 Å². The molecule has 0 aliphatic carbocycles. The van der Waals surface area contributed by atoms with Crippen molar-refractivity contribution in [3.63, 3.8) is 0 Å². The molecule has 1 aliphatic heterocycles. The van der Waals surface area contributed by atoms with Gasteiger partial charge >= 0.3 is 7.12 Å². The Balaban J connectivity index is 0.000000391. The van der Waals surface area contributed by atoms with E-state index in [1.54, 1.807) is 0 Å². The zero-order chi connectivity index (χ0) is 29.5. The van der Waals surface area contributed by atoms with Gasteiger partial charge in [-0.1, -0.05) is 48.8 Å². The molecule has 1 saturated heterocycles. The van der Waals surface area contributed by atoms with Crippen molar-refractivity contribution in [3.8, 4) is 11.5 Å². The van der Waals surface area contributed by atoms with Gasteiger partial charge in [-0.3, -0.25) is 9.59 Å². The third-order valence-corrected chi connectivity index (χ3v) is 6.51. The molecule has 1 fully saturated rings. The lowest BCUT2D eigenvalue weighted by molar-refractivity contribution is -0.121. The van der Waals surface area contributed by atoms with Gasteiger partial charge in [0.2, 0.25) is 11.8 Å². The Bertz CT molecular complexity index is 984. The van der Waals surface area contributed by atoms with Crippen LogP contribution in [0, 0.1) is 0 Å². The van der Waals surface area contributed by atoms with E-state index in [1.165, 1.54) is 6.92 Å². The van der Waals surface area contributed by atoms with Gasteiger partial charge in [-0.2, -0.15) is 0 Å². The van der Waals surface area contributed by atoms with Crippen molar-refractivity contribution in [2.75, 3.05) is 26.3 Å². The minimum atomic E-state index is -0.363. The zero-order valence-corrected chi connectivity index (χ0v) is 26.1. The molecule has 2 aromatic rings. The minimum Gasteiger partial charge on any atom is -0.492 e. The molecule has 216 valence electrons. The van der Waals surface area contributed by atoms with Crippen LogP contribution in [0.5, 0.6) is 11.5 Å². The van der Waals surface area contributed by atoms with Crippen molar-refractivity contribution in [2.45, 2.75) is 73.0 Å². The lowest BCUT2D eigenvalue weighted by atomic mass is 9.79. The van der Waals surface area contributed by atoms with Gasteiger partial charge in [0.15, 0.2) is 0 Å². The van der Waals surface area contributed by atoms with Crippen molar-refractivity contribution >= 4 is 40.3 Å². The van der Waals surface area contributed by atoms with Gasteiger partial charge in [0.1, 0.15) is 24.7 Å². The second kappa shape index (κ2) is 17.2. The number of benzene rings is 2. The maximum Gasteiger partial charge on any atom is 0.494 e. The van der Waals surface area contributed by atoms with Crippen LogP contribution in [-0.2, 0) is 18.9 Å². The van der Waals surface area contributed by atoms with Crippen LogP contribution >= 0.6 is 15.9 Å². The maximum absolute atomic E-state index is 10.9. The van der Waals surface area contributed by atoms with E-state index in [1.807, 2.05) is 97.0 Å². The molecule has 10 heteroatoms. The second-order valence-corrected chi connectivity index (χ2v) is 10.4. The predicted octanol–water partition coefficient (Wildman–Crippen LogP) is 4.88. The van der Waals surface area contributed by atoms with Crippen LogP contribution in [-0.4, -0.2) is 56.4 Å². The summed E-state index contributed by atoms with van der Waals surface area (Å²) in [5.74, 6) is 1.56. The smallest absolute Gasteiger partial charge is 0.492 e. The molecule has 1 aliphatic rings. The normalized spacial score (nSPS) is 14.6. The number of halogens is 1. The highest BCUT2D eigenvalue weighted by atomic mass is 79.9. The minimum absolute atomic E-state index is 0.0504. The topological polar surface area (TPSA) is 95.1 Å². The first kappa shape index (κ1) is 34.5. The number of hydrogen-bond acceptors (Lipinski definition) is 6. The van der Waals surface area contributed by atoms with E-state index >= 15 is 0 Å². The van der Waals surface area contributed by atoms with E-state index in [2.05, 4.69) is 26.6 Å². The van der Waals surface area contributed by atoms with Crippen LogP contribution in [0.2, 0.25) is 0 Å². The largest absolute Gasteiger partial charge is 0.494 e. The Kier molecular flexibility index (Phi) is 15.2. The van der Waals surface area contributed by atoms with E-state index < -0.39 is 0 Å². The summed E-state index contributed by atoms with van der Waals surface area (Å²) in [7, 11) is -0.363. The molecule has 8 nitrogen and oxygen atoms in total. The number of hydrogen-bond donors (Lipinski definition) is 2. The zero-order valence-electron chi connectivity index (χ0n) is 24.6. The predicted molar refractivity (Wildman–Crippen MR) is 161 cm³/mol. The molecule has 0 aromatic heterocycles. The summed E-state index contributed by atoms with van der Waals surface area (Å²) in [5, 5.41) is 5.43. The highest BCUT2D eigenvalue weighted by Gasteiger charge is 2.51. The molecule has 0 saturated carbocycles. The Hall–Kier alpha value is -2.56. The summed E-state index contributed by atoms with van der Waals surface area (Å²) in [6, 6.07) is 15.2. The van der Waals surface area contributed by atoms with Crippen LogP contribution < -0.4 is 25.6 Å². The molecule has 2 amide bonds. The molecule has 0 unspecified atom stereocenters. The van der Waals surface area contributed by atoms with E-state index in [-0.39, 0.29) is 30.1 Å². The molecule has 0 atom stereocenters. The summed E-state index contributed by atoms with van der Waals surface area (Å²) >= 11 is 3.34.